The second-order valence-corrected chi connectivity index (χ2v) is 10.7. The number of nitrogens with zero attached hydrogens (tertiary/aromatic N) is 2. The van der Waals surface area contributed by atoms with Gasteiger partial charge in [-0.05, 0) is 32.0 Å². The van der Waals surface area contributed by atoms with Crippen molar-refractivity contribution in [1.29, 1.82) is 0 Å². The molecule has 1 aromatic heterocycles. The van der Waals surface area contributed by atoms with Crippen molar-refractivity contribution in [2.45, 2.75) is 32.1 Å². The van der Waals surface area contributed by atoms with E-state index in [0.29, 0.717) is 33.8 Å². The number of thiazole rings is 1. The van der Waals surface area contributed by atoms with Crippen molar-refractivity contribution >= 4 is 61.4 Å². The van der Waals surface area contributed by atoms with E-state index in [1.807, 2.05) is 0 Å². The first kappa shape index (κ1) is 20.3. The molecule has 2 amide bonds. The number of sulfonamides is 1. The number of benzene rings is 1. The highest BCUT2D eigenvalue weighted by atomic mass is 35.5. The summed E-state index contributed by atoms with van der Waals surface area (Å²) >= 11 is 13.1. The number of urea groups is 1. The van der Waals surface area contributed by atoms with Crippen LogP contribution in [0.1, 0.15) is 24.4 Å². The minimum atomic E-state index is -3.32. The van der Waals surface area contributed by atoms with Gasteiger partial charge in [0.15, 0.2) is 5.13 Å². The minimum absolute atomic E-state index is 0.281. The van der Waals surface area contributed by atoms with E-state index in [0.717, 1.165) is 10.6 Å². The van der Waals surface area contributed by atoms with Gasteiger partial charge >= 0.3 is 6.03 Å². The summed E-state index contributed by atoms with van der Waals surface area (Å²) in [5.41, 5.74) is 1.32. The van der Waals surface area contributed by atoms with Gasteiger partial charge in [-0.25, -0.2) is 18.2 Å². The summed E-state index contributed by atoms with van der Waals surface area (Å²) in [4.78, 5) is 17.4. The quantitative estimate of drug-likeness (QED) is 0.732. The number of amides is 2. The van der Waals surface area contributed by atoms with E-state index in [9.17, 15) is 13.2 Å². The van der Waals surface area contributed by atoms with Gasteiger partial charge in [-0.1, -0.05) is 34.5 Å². The van der Waals surface area contributed by atoms with Crippen molar-refractivity contribution < 1.29 is 13.2 Å². The Bertz CT molecular complexity index is 976. The molecule has 146 valence electrons. The maximum atomic E-state index is 12.3. The van der Waals surface area contributed by atoms with Crippen LogP contribution in [0, 0.1) is 0 Å². The lowest BCUT2D eigenvalue weighted by Gasteiger charge is -2.26. The second-order valence-electron chi connectivity index (χ2n) is 6.27. The lowest BCUT2D eigenvalue weighted by Crippen LogP contribution is -2.39. The lowest BCUT2D eigenvalue weighted by molar-refractivity contribution is 0.262. The summed E-state index contributed by atoms with van der Waals surface area (Å²) in [5, 5.41) is 6.01. The Morgan fingerprint density at radius 1 is 1.26 bits per heavy atom. The number of anilines is 2. The van der Waals surface area contributed by atoms with Crippen molar-refractivity contribution in [3.63, 3.8) is 0 Å². The number of carbonyl (C=O) groups excluding carboxylic acids is 1. The van der Waals surface area contributed by atoms with Gasteiger partial charge in [0.1, 0.15) is 0 Å². The first-order valence-corrected chi connectivity index (χ1v) is 11.2. The number of aromatic nitrogens is 1. The average Bonchev–Trinajstić information content (AvgIpc) is 2.99. The maximum absolute atomic E-state index is 12.3. The third-order valence-corrected chi connectivity index (χ3v) is 8.01. The molecule has 0 bridgehead atoms. The van der Waals surface area contributed by atoms with E-state index in [4.69, 9.17) is 23.2 Å². The number of carbonyl (C=O) groups is 1. The fraction of sp³-hybridized carbons (Fsp3) is 0.375. The highest BCUT2D eigenvalue weighted by Crippen LogP contribution is 2.30. The molecule has 1 aromatic carbocycles. The normalized spacial score (nSPS) is 14.9. The molecule has 2 heterocycles. The van der Waals surface area contributed by atoms with Crippen LogP contribution >= 0.6 is 34.5 Å². The van der Waals surface area contributed by atoms with Crippen LogP contribution in [0.5, 0.6) is 0 Å². The molecule has 0 fully saturated rings. The minimum Gasteiger partial charge on any atom is -0.308 e. The second kappa shape index (κ2) is 7.92. The van der Waals surface area contributed by atoms with Crippen LogP contribution in [-0.2, 0) is 23.0 Å². The zero-order chi connectivity index (χ0) is 19.8. The molecule has 0 saturated heterocycles. The zero-order valence-corrected chi connectivity index (χ0v) is 17.8. The van der Waals surface area contributed by atoms with Crippen molar-refractivity contribution in [3.8, 4) is 0 Å². The van der Waals surface area contributed by atoms with Crippen molar-refractivity contribution in [2.75, 3.05) is 17.2 Å². The molecular weight excluding hydrogens is 431 g/mol. The molecule has 1 aliphatic rings. The molecule has 0 unspecified atom stereocenters. The number of nitrogens with one attached hydrogen (secondary N) is 2. The average molecular weight is 449 g/mol. The Balaban J connectivity index is 1.67. The molecule has 0 spiro atoms. The summed E-state index contributed by atoms with van der Waals surface area (Å²) in [7, 11) is -3.32. The SMILES string of the molecule is CC(C)S(=O)(=O)N1CCc2nc(NC(=O)Nc3ccc(Cl)c(Cl)c3)sc2C1. The Morgan fingerprint density at radius 3 is 2.67 bits per heavy atom. The van der Waals surface area contributed by atoms with Crippen LogP contribution in [0.3, 0.4) is 0 Å². The summed E-state index contributed by atoms with van der Waals surface area (Å²) in [6.45, 7) is 4.01. The molecule has 0 radical (unpaired) electrons. The molecule has 0 saturated carbocycles. The van der Waals surface area contributed by atoms with Gasteiger partial charge < -0.3 is 5.32 Å². The number of hydrogen-bond donors (Lipinski definition) is 2. The van der Waals surface area contributed by atoms with Gasteiger partial charge in [0.2, 0.25) is 10.0 Å². The van der Waals surface area contributed by atoms with Crippen molar-refractivity contribution in [2.24, 2.45) is 0 Å². The summed E-state index contributed by atoms with van der Waals surface area (Å²) in [5.74, 6) is 0. The Kier molecular flexibility index (Phi) is 5.97. The predicted molar refractivity (Wildman–Crippen MR) is 109 cm³/mol. The molecular formula is C16H18Cl2N4O3S2. The van der Waals surface area contributed by atoms with E-state index < -0.39 is 21.3 Å². The third kappa shape index (κ3) is 4.55. The lowest BCUT2D eigenvalue weighted by atomic mass is 10.2. The van der Waals surface area contributed by atoms with Gasteiger partial charge in [0.25, 0.3) is 0 Å². The van der Waals surface area contributed by atoms with E-state index in [-0.39, 0.29) is 6.54 Å². The smallest absolute Gasteiger partial charge is 0.308 e. The standard InChI is InChI=1S/C16H18Cl2N4O3S2/c1-9(2)27(24,25)22-6-5-13-14(8-22)26-16(20-13)21-15(23)19-10-3-4-11(17)12(18)7-10/h3-4,7,9H,5-6,8H2,1-2H3,(H2,19,20,21,23). The van der Waals surface area contributed by atoms with Crippen LogP contribution in [-0.4, -0.2) is 35.5 Å². The van der Waals surface area contributed by atoms with Crippen LogP contribution in [0.25, 0.3) is 0 Å². The van der Waals surface area contributed by atoms with Gasteiger partial charge in [-0.15, -0.1) is 0 Å². The molecule has 27 heavy (non-hydrogen) atoms. The molecule has 0 atom stereocenters. The van der Waals surface area contributed by atoms with Crippen molar-refractivity contribution in [1.82, 2.24) is 9.29 Å². The highest BCUT2D eigenvalue weighted by molar-refractivity contribution is 7.89. The molecule has 7 nitrogen and oxygen atoms in total. The third-order valence-electron chi connectivity index (χ3n) is 4.05. The maximum Gasteiger partial charge on any atom is 0.325 e. The van der Waals surface area contributed by atoms with E-state index >= 15 is 0 Å². The summed E-state index contributed by atoms with van der Waals surface area (Å²) in [6.07, 6.45) is 0.522. The van der Waals surface area contributed by atoms with Crippen LogP contribution in [0.4, 0.5) is 15.6 Å². The predicted octanol–water partition coefficient (Wildman–Crippen LogP) is 4.19. The summed E-state index contributed by atoms with van der Waals surface area (Å²) in [6, 6.07) is 4.30. The van der Waals surface area contributed by atoms with E-state index in [1.165, 1.54) is 15.6 Å². The van der Waals surface area contributed by atoms with Gasteiger partial charge in [0, 0.05) is 30.1 Å². The number of rotatable bonds is 4. The molecule has 3 rings (SSSR count). The monoisotopic (exact) mass is 448 g/mol. The van der Waals surface area contributed by atoms with Gasteiger partial charge in [0.05, 0.1) is 21.0 Å². The Hall–Kier alpha value is -1.39. The first-order chi connectivity index (χ1) is 12.7. The highest BCUT2D eigenvalue weighted by Gasteiger charge is 2.31. The molecule has 11 heteroatoms. The summed E-state index contributed by atoms with van der Waals surface area (Å²) < 4.78 is 26.2. The Morgan fingerprint density at radius 2 is 2.00 bits per heavy atom. The van der Waals surface area contributed by atoms with Crippen LogP contribution in [0.15, 0.2) is 18.2 Å². The van der Waals surface area contributed by atoms with Crippen LogP contribution in [0.2, 0.25) is 10.0 Å². The van der Waals surface area contributed by atoms with E-state index in [1.54, 1.807) is 32.0 Å². The Labute approximate surface area is 171 Å². The van der Waals surface area contributed by atoms with E-state index in [2.05, 4.69) is 15.6 Å². The zero-order valence-electron chi connectivity index (χ0n) is 14.6. The topological polar surface area (TPSA) is 91.4 Å². The molecule has 2 N–H and O–H groups in total. The van der Waals surface area contributed by atoms with Crippen LogP contribution < -0.4 is 10.6 Å². The fourth-order valence-corrected chi connectivity index (χ4v) is 5.22. The fourth-order valence-electron chi connectivity index (χ4n) is 2.57. The molecule has 0 aliphatic carbocycles. The first-order valence-electron chi connectivity index (χ1n) is 8.17. The number of halogens is 2. The molecule has 2 aromatic rings. The van der Waals surface area contributed by atoms with Crippen molar-refractivity contribution in [3.05, 3.63) is 38.8 Å². The number of fused-ring (bicyclic) bond motifs is 1. The van der Waals surface area contributed by atoms with Gasteiger partial charge in [-0.3, -0.25) is 5.32 Å². The number of hydrogen-bond acceptors (Lipinski definition) is 5. The van der Waals surface area contributed by atoms with Gasteiger partial charge in [-0.2, -0.15) is 4.31 Å². The molecule has 1 aliphatic heterocycles. The largest absolute Gasteiger partial charge is 0.325 e.